The van der Waals surface area contributed by atoms with Gasteiger partial charge in [-0.15, -0.1) is 0 Å². The van der Waals surface area contributed by atoms with E-state index >= 15 is 0 Å². The average molecular weight is 477 g/mol. The summed E-state index contributed by atoms with van der Waals surface area (Å²) in [5, 5.41) is 14.9. The summed E-state index contributed by atoms with van der Waals surface area (Å²) in [6.45, 7) is 2.50. The fourth-order valence-corrected chi connectivity index (χ4v) is 4.07. The normalized spacial score (nSPS) is 10.4. The fraction of sp³-hybridized carbons (Fsp3) is 0.167. The highest BCUT2D eigenvalue weighted by Crippen LogP contribution is 2.24. The number of nitrogens with zero attached hydrogens (tertiary/aromatic N) is 2. The lowest BCUT2D eigenvalue weighted by Crippen LogP contribution is -2.30. The Kier molecular flexibility index (Phi) is 7.94. The maximum absolute atomic E-state index is 13.4. The summed E-state index contributed by atoms with van der Waals surface area (Å²) < 4.78 is 1.73. The van der Waals surface area contributed by atoms with E-state index in [0.29, 0.717) is 17.8 Å². The quantitative estimate of drug-likeness (QED) is 0.308. The van der Waals surface area contributed by atoms with Gasteiger partial charge in [0, 0.05) is 11.4 Å². The van der Waals surface area contributed by atoms with Crippen LogP contribution in [0, 0.1) is 11.3 Å². The Hall–Kier alpha value is -4.63. The van der Waals surface area contributed by atoms with Crippen LogP contribution in [0.1, 0.15) is 36.6 Å². The molecular formula is C30H28N4O2. The Bertz CT molecular complexity index is 1430. The molecule has 0 aliphatic rings. The number of carbonyl (C=O) groups excluding carboxylic acids is 1. The Labute approximate surface area is 210 Å². The van der Waals surface area contributed by atoms with Gasteiger partial charge in [0.15, 0.2) is 0 Å². The van der Waals surface area contributed by atoms with Crippen molar-refractivity contribution in [1.29, 1.82) is 5.26 Å². The standard InChI is InChI=1S/C30H28N4O2/c1-2-3-12-26-18-19-28(33-30(36)32-25-10-5-4-6-11-25)29(35)34(26)21-22-14-16-23(17-15-22)27-13-8-7-9-24(27)20-31/h4-11,13-19H,2-3,12,21H2,1H3,(H2,32,33,36). The Morgan fingerprint density at radius 1 is 0.889 bits per heavy atom. The topological polar surface area (TPSA) is 86.9 Å². The zero-order valence-corrected chi connectivity index (χ0v) is 20.2. The molecule has 0 aliphatic carbocycles. The monoisotopic (exact) mass is 476 g/mol. The van der Waals surface area contributed by atoms with E-state index in [0.717, 1.165) is 41.6 Å². The number of hydrogen-bond acceptors (Lipinski definition) is 3. The molecule has 0 saturated heterocycles. The molecule has 180 valence electrons. The van der Waals surface area contributed by atoms with Crippen molar-refractivity contribution < 1.29 is 4.79 Å². The molecule has 0 bridgehead atoms. The van der Waals surface area contributed by atoms with Gasteiger partial charge in [-0.1, -0.05) is 74.0 Å². The molecule has 2 N–H and O–H groups in total. The minimum atomic E-state index is -0.466. The summed E-state index contributed by atoms with van der Waals surface area (Å²) in [5.74, 6) is 0. The van der Waals surface area contributed by atoms with Crippen LogP contribution >= 0.6 is 0 Å². The number of anilines is 2. The lowest BCUT2D eigenvalue weighted by Gasteiger charge is -2.16. The van der Waals surface area contributed by atoms with E-state index in [1.165, 1.54) is 0 Å². The first-order valence-electron chi connectivity index (χ1n) is 12.0. The van der Waals surface area contributed by atoms with Gasteiger partial charge >= 0.3 is 6.03 Å². The zero-order chi connectivity index (χ0) is 25.3. The van der Waals surface area contributed by atoms with Gasteiger partial charge in [-0.25, -0.2) is 4.79 Å². The Balaban J connectivity index is 1.59. The van der Waals surface area contributed by atoms with Crippen molar-refractivity contribution in [2.75, 3.05) is 10.6 Å². The molecule has 0 fully saturated rings. The molecule has 0 radical (unpaired) electrons. The van der Waals surface area contributed by atoms with Gasteiger partial charge in [0.1, 0.15) is 5.69 Å². The third-order valence-electron chi connectivity index (χ3n) is 5.98. The number of carbonyl (C=O) groups is 1. The van der Waals surface area contributed by atoms with Crippen LogP contribution in [0.5, 0.6) is 0 Å². The second-order valence-electron chi connectivity index (χ2n) is 8.53. The van der Waals surface area contributed by atoms with Crippen molar-refractivity contribution in [2.24, 2.45) is 0 Å². The van der Waals surface area contributed by atoms with Gasteiger partial charge in [0.25, 0.3) is 5.56 Å². The Morgan fingerprint density at radius 3 is 2.33 bits per heavy atom. The van der Waals surface area contributed by atoms with Gasteiger partial charge < -0.3 is 15.2 Å². The summed E-state index contributed by atoms with van der Waals surface area (Å²) in [7, 11) is 0. The number of para-hydroxylation sites is 1. The first-order chi connectivity index (χ1) is 17.6. The Morgan fingerprint density at radius 2 is 1.61 bits per heavy atom. The number of benzene rings is 3. The number of unbranched alkanes of at least 4 members (excludes halogenated alkanes) is 1. The molecule has 6 heteroatoms. The molecule has 6 nitrogen and oxygen atoms in total. The third-order valence-corrected chi connectivity index (χ3v) is 5.98. The number of rotatable bonds is 8. The highest BCUT2D eigenvalue weighted by Gasteiger charge is 2.13. The van der Waals surface area contributed by atoms with Gasteiger partial charge in [0.05, 0.1) is 18.2 Å². The lowest BCUT2D eigenvalue weighted by molar-refractivity contribution is 0.262. The summed E-state index contributed by atoms with van der Waals surface area (Å²) in [6, 6.07) is 29.8. The van der Waals surface area contributed by atoms with Gasteiger partial charge in [-0.2, -0.15) is 5.26 Å². The maximum atomic E-state index is 13.4. The predicted octanol–water partition coefficient (Wildman–Crippen LogP) is 6.42. The van der Waals surface area contributed by atoms with Gasteiger partial charge in [-0.3, -0.25) is 4.79 Å². The van der Waals surface area contributed by atoms with Crippen LogP contribution in [0.4, 0.5) is 16.2 Å². The van der Waals surface area contributed by atoms with E-state index in [2.05, 4.69) is 23.6 Å². The van der Waals surface area contributed by atoms with Crippen LogP contribution in [-0.4, -0.2) is 10.6 Å². The van der Waals surface area contributed by atoms with Crippen LogP contribution in [0.3, 0.4) is 0 Å². The minimum Gasteiger partial charge on any atom is -0.308 e. The molecule has 0 aliphatic heterocycles. The first kappa shape index (κ1) is 24.5. The zero-order valence-electron chi connectivity index (χ0n) is 20.2. The number of pyridine rings is 1. The summed E-state index contributed by atoms with van der Waals surface area (Å²) in [6.07, 6.45) is 2.75. The molecule has 4 aromatic rings. The molecule has 0 unspecified atom stereocenters. The molecule has 2 amide bonds. The number of nitriles is 1. The molecule has 0 spiro atoms. The van der Waals surface area contributed by atoms with Gasteiger partial charge in [-0.05, 0) is 59.9 Å². The van der Waals surface area contributed by atoms with Crippen LogP contribution in [0.25, 0.3) is 11.1 Å². The van der Waals surface area contributed by atoms with Crippen molar-refractivity contribution in [3.05, 3.63) is 118 Å². The van der Waals surface area contributed by atoms with Crippen molar-refractivity contribution in [3.63, 3.8) is 0 Å². The maximum Gasteiger partial charge on any atom is 0.323 e. The van der Waals surface area contributed by atoms with Gasteiger partial charge in [0.2, 0.25) is 0 Å². The number of aromatic nitrogens is 1. The summed E-state index contributed by atoms with van der Waals surface area (Å²) >= 11 is 0. The molecule has 1 aromatic heterocycles. The van der Waals surface area contributed by atoms with Crippen LogP contribution in [0.15, 0.2) is 95.8 Å². The van der Waals surface area contributed by atoms with E-state index in [9.17, 15) is 14.9 Å². The van der Waals surface area contributed by atoms with Crippen molar-refractivity contribution in [1.82, 2.24) is 4.57 Å². The van der Waals surface area contributed by atoms with Crippen LogP contribution in [-0.2, 0) is 13.0 Å². The van der Waals surface area contributed by atoms with E-state index in [-0.39, 0.29) is 11.2 Å². The summed E-state index contributed by atoms with van der Waals surface area (Å²) in [5.41, 5.74) is 4.96. The fourth-order valence-electron chi connectivity index (χ4n) is 4.07. The predicted molar refractivity (Wildman–Crippen MR) is 144 cm³/mol. The highest BCUT2D eigenvalue weighted by atomic mass is 16.2. The lowest BCUT2D eigenvalue weighted by atomic mass is 9.99. The average Bonchev–Trinajstić information content (AvgIpc) is 2.91. The molecule has 1 heterocycles. The number of urea groups is 1. The first-order valence-corrected chi connectivity index (χ1v) is 12.0. The number of amides is 2. The van der Waals surface area contributed by atoms with Crippen molar-refractivity contribution in [2.45, 2.75) is 32.7 Å². The number of nitrogens with one attached hydrogen (secondary N) is 2. The molecule has 3 aromatic carbocycles. The van der Waals surface area contributed by atoms with Crippen molar-refractivity contribution >= 4 is 17.4 Å². The molecule has 0 saturated carbocycles. The smallest absolute Gasteiger partial charge is 0.308 e. The van der Waals surface area contributed by atoms with E-state index < -0.39 is 6.03 Å². The molecule has 4 rings (SSSR count). The second-order valence-corrected chi connectivity index (χ2v) is 8.53. The van der Waals surface area contributed by atoms with E-state index in [4.69, 9.17) is 0 Å². The van der Waals surface area contributed by atoms with Crippen molar-refractivity contribution in [3.8, 4) is 17.2 Å². The van der Waals surface area contributed by atoms with Crippen LogP contribution in [0.2, 0.25) is 0 Å². The van der Waals surface area contributed by atoms with E-state index in [1.807, 2.05) is 66.7 Å². The number of aryl methyl sites for hydroxylation is 1. The van der Waals surface area contributed by atoms with Crippen LogP contribution < -0.4 is 16.2 Å². The molecule has 0 atom stereocenters. The number of hydrogen-bond donors (Lipinski definition) is 2. The summed E-state index contributed by atoms with van der Waals surface area (Å²) in [4.78, 5) is 25.9. The largest absolute Gasteiger partial charge is 0.323 e. The third kappa shape index (κ3) is 5.89. The highest BCUT2D eigenvalue weighted by molar-refractivity contribution is 5.99. The minimum absolute atomic E-state index is 0.225. The second kappa shape index (κ2) is 11.7. The molecular weight excluding hydrogens is 448 g/mol. The SMILES string of the molecule is CCCCc1ccc(NC(=O)Nc2ccccc2)c(=O)n1Cc1ccc(-c2ccccc2C#N)cc1. The van der Waals surface area contributed by atoms with E-state index in [1.54, 1.807) is 28.8 Å². The molecule has 36 heavy (non-hydrogen) atoms.